The van der Waals surface area contributed by atoms with E-state index in [1.165, 1.54) is 6.07 Å². The molecule has 0 atom stereocenters. The molecule has 2 rings (SSSR count). The minimum absolute atomic E-state index is 0.122. The largest absolute Gasteiger partial charge is 0.381 e. The number of rotatable bonds is 4. The summed E-state index contributed by atoms with van der Waals surface area (Å²) < 4.78 is 18.6. The minimum atomic E-state index is -0.446. The molecule has 0 spiro atoms. The van der Waals surface area contributed by atoms with E-state index in [0.29, 0.717) is 5.92 Å². The van der Waals surface area contributed by atoms with Crippen LogP contribution in [0.25, 0.3) is 0 Å². The van der Waals surface area contributed by atoms with Crippen LogP contribution in [-0.2, 0) is 11.3 Å². The van der Waals surface area contributed by atoms with E-state index in [1.54, 1.807) is 12.1 Å². The number of hydrogen-bond acceptors (Lipinski definition) is 3. The van der Waals surface area contributed by atoms with Crippen LogP contribution < -0.4 is 0 Å². The molecule has 0 amide bonds. The fraction of sp³-hybridized carbons (Fsp3) is 0.533. The molecule has 4 heteroatoms. The van der Waals surface area contributed by atoms with Gasteiger partial charge in [0.2, 0.25) is 0 Å². The summed E-state index contributed by atoms with van der Waals surface area (Å²) in [5, 5.41) is 8.82. The first-order valence-corrected chi connectivity index (χ1v) is 6.64. The molecular formula is C15H19FN2O. The Morgan fingerprint density at radius 1 is 1.42 bits per heavy atom. The molecule has 1 aromatic rings. The fourth-order valence-electron chi connectivity index (χ4n) is 2.50. The SMILES string of the molecule is CN(Cc1ccc(F)c(C#N)c1)CC1CCOCC1. The monoisotopic (exact) mass is 262 g/mol. The molecule has 0 bridgehead atoms. The maximum absolute atomic E-state index is 13.2. The normalized spacial score (nSPS) is 16.5. The van der Waals surface area contributed by atoms with Crippen molar-refractivity contribution in [3.63, 3.8) is 0 Å². The van der Waals surface area contributed by atoms with Gasteiger partial charge in [0.25, 0.3) is 0 Å². The second-order valence-corrected chi connectivity index (χ2v) is 5.18. The standard InChI is InChI=1S/C15H19FN2O/c1-18(10-12-4-6-19-7-5-12)11-13-2-3-15(16)14(8-13)9-17/h2-3,8,12H,4-7,10-11H2,1H3. The van der Waals surface area contributed by atoms with Gasteiger partial charge in [-0.1, -0.05) is 6.07 Å². The van der Waals surface area contributed by atoms with Crippen molar-refractivity contribution in [2.75, 3.05) is 26.8 Å². The van der Waals surface area contributed by atoms with E-state index in [1.807, 2.05) is 6.07 Å². The average molecular weight is 262 g/mol. The highest BCUT2D eigenvalue weighted by molar-refractivity contribution is 5.34. The van der Waals surface area contributed by atoms with Gasteiger partial charge in [-0.2, -0.15) is 5.26 Å². The Morgan fingerprint density at radius 3 is 2.84 bits per heavy atom. The highest BCUT2D eigenvalue weighted by Gasteiger charge is 2.16. The van der Waals surface area contributed by atoms with E-state index in [9.17, 15) is 4.39 Å². The second kappa shape index (κ2) is 6.65. The maximum atomic E-state index is 13.2. The predicted octanol–water partition coefficient (Wildman–Crippen LogP) is 2.56. The fourth-order valence-corrected chi connectivity index (χ4v) is 2.50. The molecule has 0 aliphatic carbocycles. The first-order valence-electron chi connectivity index (χ1n) is 6.64. The Labute approximate surface area is 113 Å². The quantitative estimate of drug-likeness (QED) is 0.836. The molecule has 102 valence electrons. The summed E-state index contributed by atoms with van der Waals surface area (Å²) in [6.07, 6.45) is 2.22. The Morgan fingerprint density at radius 2 is 2.16 bits per heavy atom. The smallest absolute Gasteiger partial charge is 0.140 e. The summed E-state index contributed by atoms with van der Waals surface area (Å²) >= 11 is 0. The van der Waals surface area contributed by atoms with Gasteiger partial charge < -0.3 is 9.64 Å². The third kappa shape index (κ3) is 4.02. The zero-order valence-corrected chi connectivity index (χ0v) is 11.2. The maximum Gasteiger partial charge on any atom is 0.140 e. The van der Waals surface area contributed by atoms with Gasteiger partial charge in [-0.05, 0) is 43.5 Å². The molecule has 3 nitrogen and oxygen atoms in total. The van der Waals surface area contributed by atoms with Gasteiger partial charge in [-0.15, -0.1) is 0 Å². The van der Waals surface area contributed by atoms with E-state index in [-0.39, 0.29) is 5.56 Å². The lowest BCUT2D eigenvalue weighted by Gasteiger charge is -2.27. The van der Waals surface area contributed by atoms with Crippen LogP contribution in [0.3, 0.4) is 0 Å². The van der Waals surface area contributed by atoms with Crippen molar-refractivity contribution in [2.45, 2.75) is 19.4 Å². The number of benzene rings is 1. The van der Waals surface area contributed by atoms with Crippen molar-refractivity contribution >= 4 is 0 Å². The summed E-state index contributed by atoms with van der Waals surface area (Å²) in [4.78, 5) is 2.23. The molecule has 1 saturated heterocycles. The number of nitrogens with zero attached hydrogens (tertiary/aromatic N) is 2. The summed E-state index contributed by atoms with van der Waals surface area (Å²) in [7, 11) is 2.06. The molecular weight excluding hydrogens is 243 g/mol. The van der Waals surface area contributed by atoms with Crippen LogP contribution in [0, 0.1) is 23.1 Å². The molecule has 0 N–H and O–H groups in total. The van der Waals surface area contributed by atoms with Crippen molar-refractivity contribution < 1.29 is 9.13 Å². The number of nitriles is 1. The second-order valence-electron chi connectivity index (χ2n) is 5.18. The predicted molar refractivity (Wildman–Crippen MR) is 71.0 cm³/mol. The van der Waals surface area contributed by atoms with Crippen LogP contribution in [0.1, 0.15) is 24.0 Å². The molecule has 19 heavy (non-hydrogen) atoms. The lowest BCUT2D eigenvalue weighted by atomic mass is 9.99. The van der Waals surface area contributed by atoms with Gasteiger partial charge in [0.05, 0.1) is 5.56 Å². The van der Waals surface area contributed by atoms with E-state index < -0.39 is 5.82 Å². The minimum Gasteiger partial charge on any atom is -0.381 e. The molecule has 0 unspecified atom stereocenters. The van der Waals surface area contributed by atoms with Gasteiger partial charge in [0.1, 0.15) is 11.9 Å². The summed E-state index contributed by atoms with van der Waals surface area (Å²) in [6.45, 7) is 3.47. The Balaban J connectivity index is 1.91. The van der Waals surface area contributed by atoms with Gasteiger partial charge >= 0.3 is 0 Å². The van der Waals surface area contributed by atoms with Crippen molar-refractivity contribution in [2.24, 2.45) is 5.92 Å². The highest BCUT2D eigenvalue weighted by atomic mass is 19.1. The van der Waals surface area contributed by atoms with Gasteiger partial charge in [0.15, 0.2) is 0 Å². The van der Waals surface area contributed by atoms with Crippen LogP contribution in [-0.4, -0.2) is 31.7 Å². The van der Waals surface area contributed by atoms with Crippen LogP contribution in [0.2, 0.25) is 0 Å². The molecule has 1 aliphatic heterocycles. The first-order chi connectivity index (χ1) is 9.19. The number of ether oxygens (including phenoxy) is 1. The van der Waals surface area contributed by atoms with E-state index in [0.717, 1.165) is 44.7 Å². The van der Waals surface area contributed by atoms with E-state index in [4.69, 9.17) is 10.00 Å². The van der Waals surface area contributed by atoms with E-state index >= 15 is 0 Å². The third-order valence-electron chi connectivity index (χ3n) is 3.51. The first kappa shape index (κ1) is 14.0. The third-order valence-corrected chi connectivity index (χ3v) is 3.51. The van der Waals surface area contributed by atoms with Gasteiger partial charge in [-0.25, -0.2) is 4.39 Å². The number of halogens is 1. The van der Waals surface area contributed by atoms with Crippen molar-refractivity contribution in [1.29, 1.82) is 5.26 Å². The summed E-state index contributed by atoms with van der Waals surface area (Å²) in [5.74, 6) is 0.230. The van der Waals surface area contributed by atoms with Crippen molar-refractivity contribution in [3.05, 3.63) is 35.1 Å². The van der Waals surface area contributed by atoms with Crippen molar-refractivity contribution in [3.8, 4) is 6.07 Å². The highest BCUT2D eigenvalue weighted by Crippen LogP contribution is 2.17. The van der Waals surface area contributed by atoms with E-state index in [2.05, 4.69) is 11.9 Å². The zero-order chi connectivity index (χ0) is 13.7. The molecule has 1 fully saturated rings. The molecule has 1 aromatic carbocycles. The molecule has 1 heterocycles. The van der Waals surface area contributed by atoms with Gasteiger partial charge in [0, 0.05) is 26.3 Å². The lowest BCUT2D eigenvalue weighted by molar-refractivity contribution is 0.0549. The topological polar surface area (TPSA) is 36.3 Å². The lowest BCUT2D eigenvalue weighted by Crippen LogP contribution is -2.29. The average Bonchev–Trinajstić information content (AvgIpc) is 2.42. The van der Waals surface area contributed by atoms with Crippen molar-refractivity contribution in [1.82, 2.24) is 4.90 Å². The Hall–Kier alpha value is -1.44. The molecule has 0 saturated carbocycles. The van der Waals surface area contributed by atoms with Crippen LogP contribution >= 0.6 is 0 Å². The van der Waals surface area contributed by atoms with Crippen LogP contribution in [0.5, 0.6) is 0 Å². The molecule has 1 aliphatic rings. The number of hydrogen-bond donors (Lipinski definition) is 0. The summed E-state index contributed by atoms with van der Waals surface area (Å²) in [5.41, 5.74) is 1.10. The van der Waals surface area contributed by atoms with Crippen LogP contribution in [0.4, 0.5) is 4.39 Å². The van der Waals surface area contributed by atoms with Gasteiger partial charge in [-0.3, -0.25) is 0 Å². The Bertz CT molecular complexity index is 464. The molecule has 0 radical (unpaired) electrons. The summed E-state index contributed by atoms with van der Waals surface area (Å²) in [6, 6.07) is 6.63. The Kier molecular flexibility index (Phi) is 4.89. The zero-order valence-electron chi connectivity index (χ0n) is 11.2. The molecule has 0 aromatic heterocycles. The van der Waals surface area contributed by atoms with Crippen LogP contribution in [0.15, 0.2) is 18.2 Å².